The molecule has 0 radical (unpaired) electrons. The van der Waals surface area contributed by atoms with Gasteiger partial charge in [-0.15, -0.1) is 0 Å². The summed E-state index contributed by atoms with van der Waals surface area (Å²) in [5.41, 5.74) is 1.94. The predicted molar refractivity (Wildman–Crippen MR) is 113 cm³/mol. The zero-order valence-corrected chi connectivity index (χ0v) is 16.7. The highest BCUT2D eigenvalue weighted by atomic mass is 19.4. The Morgan fingerprint density at radius 3 is 2.16 bits per heavy atom. The van der Waals surface area contributed by atoms with E-state index in [1.54, 1.807) is 23.1 Å². The number of benzene rings is 3. The lowest BCUT2D eigenvalue weighted by atomic mass is 9.91. The minimum absolute atomic E-state index is 0.0793. The third kappa shape index (κ3) is 4.35. The van der Waals surface area contributed by atoms with Gasteiger partial charge in [0.1, 0.15) is 6.04 Å². The monoisotopic (exact) mass is 425 g/mol. The van der Waals surface area contributed by atoms with Gasteiger partial charge in [-0.2, -0.15) is 13.2 Å². The van der Waals surface area contributed by atoms with Crippen molar-refractivity contribution in [3.05, 3.63) is 95.6 Å². The number of nitrogens with zero attached hydrogens (tertiary/aromatic N) is 1. The van der Waals surface area contributed by atoms with Crippen molar-refractivity contribution in [1.82, 2.24) is 4.90 Å². The number of alkyl halides is 3. The van der Waals surface area contributed by atoms with Gasteiger partial charge in [0.05, 0.1) is 11.6 Å². The lowest BCUT2D eigenvalue weighted by Crippen LogP contribution is -2.39. The van der Waals surface area contributed by atoms with E-state index in [1.165, 1.54) is 12.1 Å². The Morgan fingerprint density at radius 1 is 0.903 bits per heavy atom. The molecule has 2 unspecified atom stereocenters. The number of carboxylic acids is 1. The number of carboxylic acid groups (broad SMARTS) is 1. The van der Waals surface area contributed by atoms with Gasteiger partial charge in [-0.3, -0.25) is 9.69 Å². The molecule has 1 aliphatic heterocycles. The summed E-state index contributed by atoms with van der Waals surface area (Å²) in [7, 11) is 0. The molecule has 0 aromatic heterocycles. The molecule has 3 aromatic carbocycles. The SMILES string of the molecule is O=C(O)C1CCCN1C(c1ccc(-c2ccccc2)cc1)c1ccccc1C(F)(F)F. The molecule has 160 valence electrons. The summed E-state index contributed by atoms with van der Waals surface area (Å²) in [6.45, 7) is 0.425. The first-order valence-corrected chi connectivity index (χ1v) is 10.2. The van der Waals surface area contributed by atoms with Crippen molar-refractivity contribution >= 4 is 5.97 Å². The van der Waals surface area contributed by atoms with Gasteiger partial charge >= 0.3 is 12.1 Å². The van der Waals surface area contributed by atoms with Crippen molar-refractivity contribution in [2.24, 2.45) is 0 Å². The Bertz CT molecular complexity index is 1050. The average molecular weight is 425 g/mol. The molecular weight excluding hydrogens is 403 g/mol. The standard InChI is InChI=1S/C25H22F3NO2/c26-25(27,28)21-10-5-4-9-20(21)23(29-16-6-11-22(29)24(30)31)19-14-12-18(13-15-19)17-7-2-1-3-8-17/h1-5,7-10,12-15,22-23H,6,11,16H2,(H,30,31). The Balaban J connectivity index is 1.82. The van der Waals surface area contributed by atoms with Gasteiger partial charge < -0.3 is 5.11 Å². The second kappa shape index (κ2) is 8.55. The van der Waals surface area contributed by atoms with Crippen LogP contribution < -0.4 is 0 Å². The highest BCUT2D eigenvalue weighted by Crippen LogP contribution is 2.41. The van der Waals surface area contributed by atoms with E-state index < -0.39 is 29.8 Å². The first kappa shape index (κ1) is 21.1. The van der Waals surface area contributed by atoms with Gasteiger partial charge in [0.15, 0.2) is 0 Å². The molecule has 1 heterocycles. The second-order valence-electron chi connectivity index (χ2n) is 7.71. The molecule has 1 fully saturated rings. The number of carbonyl (C=O) groups is 1. The van der Waals surface area contributed by atoms with Crippen molar-refractivity contribution in [2.75, 3.05) is 6.54 Å². The number of likely N-dealkylation sites (tertiary alicyclic amines) is 1. The second-order valence-corrected chi connectivity index (χ2v) is 7.71. The van der Waals surface area contributed by atoms with Crippen LogP contribution in [0.3, 0.4) is 0 Å². The van der Waals surface area contributed by atoms with Gasteiger partial charge in [-0.05, 0) is 41.2 Å². The molecule has 31 heavy (non-hydrogen) atoms. The molecule has 1 N–H and O–H groups in total. The summed E-state index contributed by atoms with van der Waals surface area (Å²) in [6.07, 6.45) is -3.48. The Hall–Kier alpha value is -3.12. The summed E-state index contributed by atoms with van der Waals surface area (Å²) in [5, 5.41) is 9.68. The van der Waals surface area contributed by atoms with Crippen LogP contribution in [0.5, 0.6) is 0 Å². The van der Waals surface area contributed by atoms with E-state index in [4.69, 9.17) is 0 Å². The van der Waals surface area contributed by atoms with Crippen molar-refractivity contribution in [2.45, 2.75) is 31.1 Å². The molecule has 1 saturated heterocycles. The number of rotatable bonds is 5. The Morgan fingerprint density at radius 2 is 1.52 bits per heavy atom. The Kier molecular flexibility index (Phi) is 5.83. The minimum atomic E-state index is -4.53. The quantitative estimate of drug-likeness (QED) is 0.544. The van der Waals surface area contributed by atoms with Crippen LogP contribution in [0, 0.1) is 0 Å². The average Bonchev–Trinajstić information content (AvgIpc) is 3.24. The third-order valence-corrected chi connectivity index (χ3v) is 5.81. The van der Waals surface area contributed by atoms with Crippen LogP contribution in [0.4, 0.5) is 13.2 Å². The maximum absolute atomic E-state index is 13.8. The molecule has 0 aliphatic carbocycles. The number of halogens is 3. The smallest absolute Gasteiger partial charge is 0.416 e. The summed E-state index contributed by atoms with van der Waals surface area (Å²) < 4.78 is 41.5. The maximum atomic E-state index is 13.8. The van der Waals surface area contributed by atoms with Crippen LogP contribution in [0.1, 0.15) is 35.6 Å². The molecule has 0 amide bonds. The lowest BCUT2D eigenvalue weighted by molar-refractivity contribution is -0.143. The normalized spacial score (nSPS) is 18.1. The highest BCUT2D eigenvalue weighted by Gasteiger charge is 2.41. The Labute approximate surface area is 178 Å². The predicted octanol–water partition coefficient (Wildman–Crippen LogP) is 6.01. The molecule has 0 bridgehead atoms. The van der Waals surface area contributed by atoms with E-state index in [1.807, 2.05) is 42.5 Å². The zero-order chi connectivity index (χ0) is 22.0. The molecule has 3 aromatic rings. The van der Waals surface area contributed by atoms with Crippen molar-refractivity contribution in [3.63, 3.8) is 0 Å². The van der Waals surface area contributed by atoms with Crippen molar-refractivity contribution in [3.8, 4) is 11.1 Å². The van der Waals surface area contributed by atoms with Gasteiger partial charge in [-0.1, -0.05) is 72.8 Å². The first-order chi connectivity index (χ1) is 14.9. The van der Waals surface area contributed by atoms with Crippen LogP contribution in [0.25, 0.3) is 11.1 Å². The fraction of sp³-hybridized carbons (Fsp3) is 0.240. The summed E-state index contributed by atoms with van der Waals surface area (Å²) in [5.74, 6) is -1.01. The first-order valence-electron chi connectivity index (χ1n) is 10.2. The molecule has 4 rings (SSSR count). The summed E-state index contributed by atoms with van der Waals surface area (Å²) in [4.78, 5) is 13.5. The van der Waals surface area contributed by atoms with E-state index in [2.05, 4.69) is 0 Å². The van der Waals surface area contributed by atoms with E-state index in [0.717, 1.165) is 17.2 Å². The van der Waals surface area contributed by atoms with Crippen LogP contribution in [-0.2, 0) is 11.0 Å². The van der Waals surface area contributed by atoms with Crippen LogP contribution in [-0.4, -0.2) is 28.6 Å². The topological polar surface area (TPSA) is 40.5 Å². The number of hydrogen-bond acceptors (Lipinski definition) is 2. The highest BCUT2D eigenvalue weighted by molar-refractivity contribution is 5.74. The molecule has 6 heteroatoms. The maximum Gasteiger partial charge on any atom is 0.416 e. The van der Waals surface area contributed by atoms with Gasteiger partial charge in [0.2, 0.25) is 0 Å². The summed E-state index contributed by atoms with van der Waals surface area (Å²) >= 11 is 0. The molecule has 0 spiro atoms. The summed E-state index contributed by atoms with van der Waals surface area (Å²) in [6, 6.07) is 20.9. The van der Waals surface area contributed by atoms with Gasteiger partial charge in [0.25, 0.3) is 0 Å². The largest absolute Gasteiger partial charge is 0.480 e. The fourth-order valence-corrected chi connectivity index (χ4v) is 4.39. The zero-order valence-electron chi connectivity index (χ0n) is 16.7. The molecule has 1 aliphatic rings. The number of aliphatic carboxylic acids is 1. The fourth-order valence-electron chi connectivity index (χ4n) is 4.39. The minimum Gasteiger partial charge on any atom is -0.480 e. The third-order valence-electron chi connectivity index (χ3n) is 5.81. The molecular formula is C25H22F3NO2. The van der Waals surface area contributed by atoms with E-state index in [-0.39, 0.29) is 5.56 Å². The molecule has 3 nitrogen and oxygen atoms in total. The number of hydrogen-bond donors (Lipinski definition) is 1. The van der Waals surface area contributed by atoms with Crippen LogP contribution in [0.15, 0.2) is 78.9 Å². The van der Waals surface area contributed by atoms with Crippen molar-refractivity contribution < 1.29 is 23.1 Å². The lowest BCUT2D eigenvalue weighted by Gasteiger charge is -2.33. The molecule has 2 atom stereocenters. The van der Waals surface area contributed by atoms with Crippen LogP contribution in [0.2, 0.25) is 0 Å². The van der Waals surface area contributed by atoms with Gasteiger partial charge in [-0.25, -0.2) is 0 Å². The van der Waals surface area contributed by atoms with Crippen LogP contribution >= 0.6 is 0 Å². The van der Waals surface area contributed by atoms with Gasteiger partial charge in [0, 0.05) is 6.54 Å². The molecule has 0 saturated carbocycles. The van der Waals surface area contributed by atoms with Crippen molar-refractivity contribution in [1.29, 1.82) is 0 Å². The van der Waals surface area contributed by atoms with E-state index in [9.17, 15) is 23.1 Å². The van der Waals surface area contributed by atoms with E-state index >= 15 is 0 Å². The van der Waals surface area contributed by atoms with E-state index in [0.29, 0.717) is 24.9 Å².